The molecular weight excluding hydrogens is 390 g/mol. The molecule has 3 aromatic rings. The fourth-order valence-electron chi connectivity index (χ4n) is 2.45. The van der Waals surface area contributed by atoms with Crippen LogP contribution in [0.3, 0.4) is 0 Å². The Morgan fingerprint density at radius 3 is 2.52 bits per heavy atom. The molecule has 1 N–H and O–H groups in total. The molecule has 2 aromatic heterocycles. The quantitative estimate of drug-likeness (QED) is 0.469. The molecular formula is C21H19N3O4S. The van der Waals surface area contributed by atoms with Crippen LogP contribution in [0.2, 0.25) is 0 Å². The molecule has 0 fully saturated rings. The number of esters is 1. The number of amides is 1. The van der Waals surface area contributed by atoms with Crippen LogP contribution >= 0.6 is 11.3 Å². The Morgan fingerprint density at radius 1 is 1.10 bits per heavy atom. The van der Waals surface area contributed by atoms with Crippen molar-refractivity contribution in [3.8, 4) is 10.7 Å². The van der Waals surface area contributed by atoms with Crippen molar-refractivity contribution in [1.29, 1.82) is 0 Å². The number of aromatic nitrogens is 2. The van der Waals surface area contributed by atoms with Gasteiger partial charge >= 0.3 is 5.97 Å². The van der Waals surface area contributed by atoms with Gasteiger partial charge in [-0.05, 0) is 43.3 Å². The SMILES string of the molecule is CCC(=O)Nc1ccc(C(=O)COC(=O)c2sc(-c3ccccn3)nc2C)cc1. The first kappa shape index (κ1) is 20.3. The van der Waals surface area contributed by atoms with Crippen molar-refractivity contribution in [2.45, 2.75) is 20.3 Å². The average molecular weight is 409 g/mol. The minimum atomic E-state index is -0.595. The Labute approximate surface area is 171 Å². The Kier molecular flexibility index (Phi) is 6.46. The molecule has 0 spiro atoms. The second-order valence-electron chi connectivity index (χ2n) is 6.13. The number of ether oxygens (including phenoxy) is 1. The molecule has 0 bridgehead atoms. The van der Waals surface area contributed by atoms with E-state index in [9.17, 15) is 14.4 Å². The number of thiazole rings is 1. The van der Waals surface area contributed by atoms with Gasteiger partial charge in [0.15, 0.2) is 12.4 Å². The van der Waals surface area contributed by atoms with Crippen molar-refractivity contribution in [1.82, 2.24) is 9.97 Å². The van der Waals surface area contributed by atoms with E-state index in [1.54, 1.807) is 50.4 Å². The highest BCUT2D eigenvalue weighted by Crippen LogP contribution is 2.27. The number of nitrogens with one attached hydrogen (secondary N) is 1. The number of Topliss-reactive ketones (excluding diaryl/α,β-unsaturated/α-hetero) is 1. The number of carbonyl (C=O) groups excluding carboxylic acids is 3. The van der Waals surface area contributed by atoms with E-state index in [4.69, 9.17) is 4.74 Å². The lowest BCUT2D eigenvalue weighted by molar-refractivity contribution is -0.115. The van der Waals surface area contributed by atoms with Crippen molar-refractivity contribution in [2.75, 3.05) is 11.9 Å². The molecule has 2 heterocycles. The van der Waals surface area contributed by atoms with E-state index in [1.807, 2.05) is 12.1 Å². The fourth-order valence-corrected chi connectivity index (χ4v) is 3.39. The second-order valence-corrected chi connectivity index (χ2v) is 7.13. The van der Waals surface area contributed by atoms with E-state index in [2.05, 4.69) is 15.3 Å². The molecule has 0 aliphatic carbocycles. The van der Waals surface area contributed by atoms with Gasteiger partial charge < -0.3 is 10.1 Å². The van der Waals surface area contributed by atoms with Gasteiger partial charge in [-0.3, -0.25) is 14.6 Å². The number of benzene rings is 1. The lowest BCUT2D eigenvalue weighted by Gasteiger charge is -2.06. The molecule has 0 atom stereocenters. The zero-order valence-electron chi connectivity index (χ0n) is 16.0. The highest BCUT2D eigenvalue weighted by atomic mass is 32.1. The Hall–Kier alpha value is -3.39. The average Bonchev–Trinajstić information content (AvgIpc) is 3.14. The third kappa shape index (κ3) is 5.11. The van der Waals surface area contributed by atoms with Gasteiger partial charge in [0.05, 0.1) is 11.4 Å². The maximum atomic E-state index is 12.4. The second kappa shape index (κ2) is 9.20. The van der Waals surface area contributed by atoms with Gasteiger partial charge in [-0.2, -0.15) is 0 Å². The summed E-state index contributed by atoms with van der Waals surface area (Å²) in [4.78, 5) is 45.0. The molecule has 0 radical (unpaired) electrons. The van der Waals surface area contributed by atoms with Crippen LogP contribution in [-0.2, 0) is 9.53 Å². The molecule has 1 amide bonds. The smallest absolute Gasteiger partial charge is 0.350 e. The van der Waals surface area contributed by atoms with E-state index in [0.717, 1.165) is 0 Å². The number of nitrogens with zero attached hydrogens (tertiary/aromatic N) is 2. The maximum Gasteiger partial charge on any atom is 0.350 e. The third-order valence-electron chi connectivity index (χ3n) is 4.01. The van der Waals surface area contributed by atoms with Gasteiger partial charge in [0, 0.05) is 23.9 Å². The number of hydrogen-bond acceptors (Lipinski definition) is 7. The van der Waals surface area contributed by atoms with Gasteiger partial charge in [-0.15, -0.1) is 11.3 Å². The monoisotopic (exact) mass is 409 g/mol. The summed E-state index contributed by atoms with van der Waals surface area (Å²) in [5.41, 5.74) is 2.20. The Morgan fingerprint density at radius 2 is 1.86 bits per heavy atom. The number of carbonyl (C=O) groups is 3. The van der Waals surface area contributed by atoms with Crippen molar-refractivity contribution >= 4 is 34.7 Å². The summed E-state index contributed by atoms with van der Waals surface area (Å²) in [6, 6.07) is 11.9. The van der Waals surface area contributed by atoms with Gasteiger partial charge in [-0.25, -0.2) is 9.78 Å². The lowest BCUT2D eigenvalue weighted by Crippen LogP contribution is -2.14. The molecule has 1 aromatic carbocycles. The number of hydrogen-bond donors (Lipinski definition) is 1. The predicted molar refractivity (Wildman–Crippen MR) is 110 cm³/mol. The lowest BCUT2D eigenvalue weighted by atomic mass is 10.1. The summed E-state index contributed by atoms with van der Waals surface area (Å²) >= 11 is 1.18. The predicted octanol–water partition coefficient (Wildman–Crippen LogP) is 3.90. The van der Waals surface area contributed by atoms with Crippen LogP contribution in [0, 0.1) is 6.92 Å². The van der Waals surface area contributed by atoms with E-state index >= 15 is 0 Å². The van der Waals surface area contributed by atoms with Crippen molar-refractivity contribution < 1.29 is 19.1 Å². The minimum absolute atomic E-state index is 0.108. The summed E-state index contributed by atoms with van der Waals surface area (Å²) in [6.07, 6.45) is 2.03. The topological polar surface area (TPSA) is 98.2 Å². The van der Waals surface area contributed by atoms with E-state index in [-0.39, 0.29) is 18.3 Å². The molecule has 8 heteroatoms. The van der Waals surface area contributed by atoms with Crippen LogP contribution in [-0.4, -0.2) is 34.2 Å². The van der Waals surface area contributed by atoms with Crippen LogP contribution in [0.4, 0.5) is 5.69 Å². The highest BCUT2D eigenvalue weighted by molar-refractivity contribution is 7.17. The standard InChI is InChI=1S/C21H19N3O4S/c1-3-18(26)24-15-9-7-14(8-10-15)17(25)12-28-21(27)19-13(2)23-20(29-19)16-6-4-5-11-22-16/h4-11H,3,12H2,1-2H3,(H,24,26). The molecule has 0 saturated heterocycles. The van der Waals surface area contributed by atoms with Crippen LogP contribution in [0.15, 0.2) is 48.7 Å². The van der Waals surface area contributed by atoms with Crippen LogP contribution < -0.4 is 5.32 Å². The molecule has 148 valence electrons. The third-order valence-corrected chi connectivity index (χ3v) is 5.17. The van der Waals surface area contributed by atoms with Gasteiger partial charge in [0.2, 0.25) is 5.91 Å². The number of aryl methyl sites for hydroxylation is 1. The molecule has 29 heavy (non-hydrogen) atoms. The van der Waals surface area contributed by atoms with Crippen LogP contribution in [0.25, 0.3) is 10.7 Å². The summed E-state index contributed by atoms with van der Waals surface area (Å²) in [5.74, 6) is -1.04. The summed E-state index contributed by atoms with van der Waals surface area (Å²) in [6.45, 7) is 3.09. The summed E-state index contributed by atoms with van der Waals surface area (Å²) < 4.78 is 5.18. The molecule has 7 nitrogen and oxygen atoms in total. The number of ketones is 1. The first-order valence-electron chi connectivity index (χ1n) is 8.97. The van der Waals surface area contributed by atoms with Gasteiger partial charge in [0.1, 0.15) is 9.88 Å². The first-order chi connectivity index (χ1) is 14.0. The van der Waals surface area contributed by atoms with Gasteiger partial charge in [0.25, 0.3) is 0 Å². The Balaban J connectivity index is 1.61. The van der Waals surface area contributed by atoms with Gasteiger partial charge in [-0.1, -0.05) is 13.0 Å². The zero-order chi connectivity index (χ0) is 20.8. The Bertz CT molecular complexity index is 1030. The highest BCUT2D eigenvalue weighted by Gasteiger charge is 2.19. The molecule has 3 rings (SSSR count). The van der Waals surface area contributed by atoms with Crippen molar-refractivity contribution in [3.63, 3.8) is 0 Å². The van der Waals surface area contributed by atoms with Crippen molar-refractivity contribution in [3.05, 3.63) is 64.8 Å². The van der Waals surface area contributed by atoms with E-state index in [1.165, 1.54) is 11.3 Å². The number of rotatable bonds is 7. The van der Waals surface area contributed by atoms with E-state index in [0.29, 0.717) is 38.9 Å². The fraction of sp³-hybridized carbons (Fsp3) is 0.190. The summed E-state index contributed by atoms with van der Waals surface area (Å²) in [7, 11) is 0. The zero-order valence-corrected chi connectivity index (χ0v) is 16.8. The van der Waals surface area contributed by atoms with Crippen LogP contribution in [0.5, 0.6) is 0 Å². The molecule has 0 unspecified atom stereocenters. The molecule has 0 aliphatic heterocycles. The largest absolute Gasteiger partial charge is 0.453 e. The van der Waals surface area contributed by atoms with Crippen LogP contribution in [0.1, 0.15) is 39.1 Å². The molecule has 0 aliphatic rings. The first-order valence-corrected chi connectivity index (χ1v) is 9.78. The number of anilines is 1. The minimum Gasteiger partial charge on any atom is -0.453 e. The summed E-state index contributed by atoms with van der Waals surface area (Å²) in [5, 5.41) is 3.32. The van der Waals surface area contributed by atoms with Crippen molar-refractivity contribution in [2.24, 2.45) is 0 Å². The normalized spacial score (nSPS) is 10.4. The molecule has 0 saturated carbocycles. The maximum absolute atomic E-state index is 12.4. The van der Waals surface area contributed by atoms with E-state index < -0.39 is 5.97 Å². The number of pyridine rings is 1.